The first kappa shape index (κ1) is 24.5. The first-order valence-corrected chi connectivity index (χ1v) is 11.4. The highest BCUT2D eigenvalue weighted by molar-refractivity contribution is 6.46. The maximum Gasteiger partial charge on any atom is 0.295 e. The zero-order chi connectivity index (χ0) is 24.1. The Balaban J connectivity index is 2.07. The zero-order valence-corrected chi connectivity index (χ0v) is 20.1. The maximum absolute atomic E-state index is 13.1. The summed E-state index contributed by atoms with van der Waals surface area (Å²) >= 11 is 0. The van der Waals surface area contributed by atoms with Crippen LogP contribution in [-0.4, -0.2) is 48.6 Å². The Morgan fingerprint density at radius 2 is 1.82 bits per heavy atom. The van der Waals surface area contributed by atoms with Crippen molar-refractivity contribution in [3.05, 3.63) is 70.3 Å². The predicted octanol–water partition coefficient (Wildman–Crippen LogP) is 4.66. The van der Waals surface area contributed by atoms with E-state index in [-0.39, 0.29) is 24.5 Å². The van der Waals surface area contributed by atoms with E-state index in [1.807, 2.05) is 37.3 Å². The molecule has 2 aromatic rings. The third kappa shape index (κ3) is 5.28. The van der Waals surface area contributed by atoms with Crippen LogP contribution in [0.25, 0.3) is 5.76 Å². The van der Waals surface area contributed by atoms with E-state index in [2.05, 4.69) is 20.8 Å². The number of aryl methyl sites for hydroxylation is 2. The Hall–Kier alpha value is -3.12. The minimum absolute atomic E-state index is 0.0966. The summed E-state index contributed by atoms with van der Waals surface area (Å²) in [5, 5.41) is 11.3. The number of methoxy groups -OCH3 is 1. The number of nitrogens with zero attached hydrogens (tertiary/aromatic N) is 1. The first-order chi connectivity index (χ1) is 15.8. The molecule has 1 aliphatic heterocycles. The van der Waals surface area contributed by atoms with Gasteiger partial charge in [0.25, 0.3) is 11.7 Å². The van der Waals surface area contributed by atoms with Crippen molar-refractivity contribution in [1.29, 1.82) is 0 Å². The van der Waals surface area contributed by atoms with Gasteiger partial charge >= 0.3 is 0 Å². The van der Waals surface area contributed by atoms with Crippen molar-refractivity contribution in [2.24, 2.45) is 5.92 Å². The molecule has 1 unspecified atom stereocenters. The number of Topliss-reactive ketones (excluding diaryl/α,β-unsaturated/α-hetero) is 1. The highest BCUT2D eigenvalue weighted by atomic mass is 16.5. The average Bonchev–Trinajstić information content (AvgIpc) is 3.05. The quantitative estimate of drug-likeness (QED) is 0.341. The SMILES string of the molecule is CCc1ccc(C2/C(=C(\O)c3ccc(OCC(C)C)cc3C)C(=O)C(=O)N2CCOC)cc1. The van der Waals surface area contributed by atoms with Crippen molar-refractivity contribution in [2.75, 3.05) is 26.9 Å². The third-order valence-corrected chi connectivity index (χ3v) is 5.82. The number of aliphatic hydroxyl groups is 1. The smallest absolute Gasteiger partial charge is 0.295 e. The molecule has 33 heavy (non-hydrogen) atoms. The Morgan fingerprint density at radius 1 is 1.12 bits per heavy atom. The summed E-state index contributed by atoms with van der Waals surface area (Å²) in [7, 11) is 1.55. The summed E-state index contributed by atoms with van der Waals surface area (Å²) in [6, 6.07) is 12.5. The molecule has 1 atom stereocenters. The Kier molecular flexibility index (Phi) is 7.92. The molecular weight excluding hydrogens is 418 g/mol. The lowest BCUT2D eigenvalue weighted by atomic mass is 9.93. The van der Waals surface area contributed by atoms with E-state index < -0.39 is 17.7 Å². The number of carbonyl (C=O) groups excluding carboxylic acids is 2. The van der Waals surface area contributed by atoms with E-state index in [1.165, 1.54) is 4.90 Å². The average molecular weight is 452 g/mol. The number of hydrogen-bond donors (Lipinski definition) is 1. The molecule has 6 nitrogen and oxygen atoms in total. The summed E-state index contributed by atoms with van der Waals surface area (Å²) in [5.74, 6) is -0.406. The van der Waals surface area contributed by atoms with E-state index in [9.17, 15) is 14.7 Å². The molecule has 0 bridgehead atoms. The van der Waals surface area contributed by atoms with Crippen molar-refractivity contribution in [3.63, 3.8) is 0 Å². The molecule has 1 saturated heterocycles. The summed E-state index contributed by atoms with van der Waals surface area (Å²) in [4.78, 5) is 27.5. The van der Waals surface area contributed by atoms with Gasteiger partial charge in [0.15, 0.2) is 0 Å². The lowest BCUT2D eigenvalue weighted by molar-refractivity contribution is -0.140. The standard InChI is InChI=1S/C27H33NO5/c1-6-19-7-9-20(10-8-19)24-23(26(30)27(31)28(24)13-14-32-5)25(29)22-12-11-21(15-18(22)4)33-16-17(2)3/h7-12,15,17,24,29H,6,13-14,16H2,1-5H3/b25-23+. The van der Waals surface area contributed by atoms with Gasteiger partial charge in [-0.2, -0.15) is 0 Å². The van der Waals surface area contributed by atoms with Gasteiger partial charge in [0.05, 0.1) is 24.8 Å². The number of likely N-dealkylation sites (tertiary alicyclic amines) is 1. The molecule has 2 aromatic carbocycles. The second kappa shape index (κ2) is 10.7. The Bertz CT molecular complexity index is 1040. The van der Waals surface area contributed by atoms with Crippen LogP contribution in [0.15, 0.2) is 48.0 Å². The molecule has 1 fully saturated rings. The van der Waals surface area contributed by atoms with Gasteiger partial charge in [-0.05, 0) is 54.2 Å². The number of ether oxygens (including phenoxy) is 2. The molecule has 0 spiro atoms. The highest BCUT2D eigenvalue weighted by Gasteiger charge is 2.46. The van der Waals surface area contributed by atoms with Crippen molar-refractivity contribution in [2.45, 2.75) is 40.2 Å². The number of benzene rings is 2. The normalized spacial score (nSPS) is 17.8. The third-order valence-electron chi connectivity index (χ3n) is 5.82. The molecule has 1 heterocycles. The fourth-order valence-corrected chi connectivity index (χ4v) is 3.98. The van der Waals surface area contributed by atoms with E-state index in [0.29, 0.717) is 23.8 Å². The van der Waals surface area contributed by atoms with Gasteiger partial charge in [-0.25, -0.2) is 0 Å². The predicted molar refractivity (Wildman–Crippen MR) is 128 cm³/mol. The largest absolute Gasteiger partial charge is 0.507 e. The van der Waals surface area contributed by atoms with Crippen LogP contribution in [0.5, 0.6) is 5.75 Å². The monoisotopic (exact) mass is 451 g/mol. The van der Waals surface area contributed by atoms with Gasteiger partial charge in [-0.1, -0.05) is 45.0 Å². The summed E-state index contributed by atoms with van der Waals surface area (Å²) < 4.78 is 10.9. The fourth-order valence-electron chi connectivity index (χ4n) is 3.98. The Morgan fingerprint density at radius 3 is 2.39 bits per heavy atom. The van der Waals surface area contributed by atoms with Gasteiger partial charge in [-0.15, -0.1) is 0 Å². The van der Waals surface area contributed by atoms with Crippen LogP contribution < -0.4 is 4.74 Å². The van der Waals surface area contributed by atoms with E-state index in [1.54, 1.807) is 19.2 Å². The zero-order valence-electron chi connectivity index (χ0n) is 20.1. The van der Waals surface area contributed by atoms with Crippen LogP contribution in [0.2, 0.25) is 0 Å². The molecule has 1 aliphatic rings. The fraction of sp³-hybridized carbons (Fsp3) is 0.407. The minimum Gasteiger partial charge on any atom is -0.507 e. The van der Waals surface area contributed by atoms with Gasteiger partial charge < -0.3 is 19.5 Å². The van der Waals surface area contributed by atoms with Crippen LogP contribution in [0.4, 0.5) is 0 Å². The maximum atomic E-state index is 13.1. The van der Waals surface area contributed by atoms with E-state index in [0.717, 1.165) is 23.1 Å². The summed E-state index contributed by atoms with van der Waals surface area (Å²) in [5.41, 5.74) is 3.29. The second-order valence-electron chi connectivity index (χ2n) is 8.76. The lowest BCUT2D eigenvalue weighted by Gasteiger charge is -2.25. The number of ketones is 1. The molecule has 176 valence electrons. The van der Waals surface area contributed by atoms with E-state index in [4.69, 9.17) is 9.47 Å². The number of amides is 1. The van der Waals surface area contributed by atoms with Crippen LogP contribution >= 0.6 is 0 Å². The summed E-state index contributed by atoms with van der Waals surface area (Å²) in [6.45, 7) is 9.19. The first-order valence-electron chi connectivity index (χ1n) is 11.4. The molecule has 0 radical (unpaired) electrons. The molecule has 0 saturated carbocycles. The van der Waals surface area contributed by atoms with Crippen molar-refractivity contribution >= 4 is 17.4 Å². The molecule has 0 aromatic heterocycles. The second-order valence-corrected chi connectivity index (χ2v) is 8.76. The Labute approximate surface area is 195 Å². The van der Waals surface area contributed by atoms with Crippen LogP contribution in [0, 0.1) is 12.8 Å². The molecular formula is C27H33NO5. The van der Waals surface area contributed by atoms with Crippen molar-refractivity contribution in [1.82, 2.24) is 4.90 Å². The van der Waals surface area contributed by atoms with E-state index >= 15 is 0 Å². The van der Waals surface area contributed by atoms with Gasteiger partial charge in [0.2, 0.25) is 0 Å². The lowest BCUT2D eigenvalue weighted by Crippen LogP contribution is -2.32. The van der Waals surface area contributed by atoms with Crippen LogP contribution in [0.3, 0.4) is 0 Å². The number of carbonyl (C=O) groups is 2. The molecule has 0 aliphatic carbocycles. The number of aliphatic hydroxyl groups excluding tert-OH is 1. The number of rotatable bonds is 9. The molecule has 1 N–H and O–H groups in total. The van der Waals surface area contributed by atoms with Gasteiger partial charge in [0.1, 0.15) is 11.5 Å². The van der Waals surface area contributed by atoms with Crippen molar-refractivity contribution in [3.8, 4) is 5.75 Å². The summed E-state index contributed by atoms with van der Waals surface area (Å²) in [6.07, 6.45) is 0.883. The van der Waals surface area contributed by atoms with Crippen LogP contribution in [-0.2, 0) is 20.7 Å². The van der Waals surface area contributed by atoms with Gasteiger partial charge in [-0.3, -0.25) is 9.59 Å². The molecule has 6 heteroatoms. The van der Waals surface area contributed by atoms with Gasteiger partial charge in [0, 0.05) is 19.2 Å². The van der Waals surface area contributed by atoms with Crippen LogP contribution in [0.1, 0.15) is 49.1 Å². The van der Waals surface area contributed by atoms with Crippen molar-refractivity contribution < 1.29 is 24.2 Å². The highest BCUT2D eigenvalue weighted by Crippen LogP contribution is 2.40. The number of hydrogen-bond acceptors (Lipinski definition) is 5. The molecule has 3 rings (SSSR count). The molecule has 1 amide bonds. The minimum atomic E-state index is -0.687. The topological polar surface area (TPSA) is 76.1 Å².